The summed E-state index contributed by atoms with van der Waals surface area (Å²) in [6.07, 6.45) is -0.952. The molecule has 1 atom stereocenters. The lowest BCUT2D eigenvalue weighted by Gasteiger charge is -2.40. The van der Waals surface area contributed by atoms with Gasteiger partial charge >= 0.3 is 0 Å². The van der Waals surface area contributed by atoms with Crippen molar-refractivity contribution in [2.45, 2.75) is 32.9 Å². The van der Waals surface area contributed by atoms with Crippen molar-refractivity contribution in [1.82, 2.24) is 10.2 Å². The van der Waals surface area contributed by atoms with Crippen molar-refractivity contribution in [3.63, 3.8) is 0 Å². The highest BCUT2D eigenvalue weighted by Gasteiger charge is 2.33. The van der Waals surface area contributed by atoms with Crippen LogP contribution in [0.25, 0.3) is 0 Å². The third-order valence-electron chi connectivity index (χ3n) is 2.42. The smallest absolute Gasteiger partial charge is 0.251 e. The number of nitrogens with one attached hydrogen (secondary N) is 1. The van der Waals surface area contributed by atoms with Crippen LogP contribution in [0.15, 0.2) is 0 Å². The van der Waals surface area contributed by atoms with Crippen molar-refractivity contribution in [2.75, 3.05) is 13.1 Å². The summed E-state index contributed by atoms with van der Waals surface area (Å²) >= 11 is 0. The Bertz CT molecular complexity index is 257. The number of carbonyl (C=O) groups is 2. The van der Waals surface area contributed by atoms with Gasteiger partial charge in [0.25, 0.3) is 5.91 Å². The van der Waals surface area contributed by atoms with Crippen molar-refractivity contribution in [3.05, 3.63) is 0 Å². The molecule has 0 unspecified atom stereocenters. The van der Waals surface area contributed by atoms with Gasteiger partial charge in [0, 0.05) is 19.0 Å². The zero-order valence-corrected chi connectivity index (χ0v) is 9.36. The lowest BCUT2D eigenvalue weighted by molar-refractivity contribution is -0.145. The van der Waals surface area contributed by atoms with Crippen LogP contribution in [0.3, 0.4) is 0 Å². The lowest BCUT2D eigenvalue weighted by atomic mass is 10.1. The minimum absolute atomic E-state index is 0.00384. The minimum Gasteiger partial charge on any atom is -0.384 e. The number of nitrogens with zero attached hydrogens (tertiary/aromatic N) is 1. The van der Waals surface area contributed by atoms with E-state index in [1.807, 2.05) is 13.8 Å². The summed E-state index contributed by atoms with van der Waals surface area (Å²) in [5.41, 5.74) is 0. The molecule has 0 aromatic rings. The number of likely N-dealkylation sites (tertiary alicyclic amines) is 1. The quantitative estimate of drug-likeness (QED) is 0.656. The molecule has 1 aliphatic rings. The fourth-order valence-corrected chi connectivity index (χ4v) is 1.38. The predicted octanol–water partition coefficient (Wildman–Crippen LogP) is -0.650. The lowest BCUT2D eigenvalue weighted by Crippen LogP contribution is -2.62. The maximum absolute atomic E-state index is 11.3. The molecule has 5 heteroatoms. The highest BCUT2D eigenvalue weighted by Crippen LogP contribution is 2.10. The summed E-state index contributed by atoms with van der Waals surface area (Å²) < 4.78 is 0. The van der Waals surface area contributed by atoms with Crippen molar-refractivity contribution in [3.8, 4) is 0 Å². The molecule has 2 amide bonds. The number of hydrogen-bond acceptors (Lipinski definition) is 3. The van der Waals surface area contributed by atoms with E-state index >= 15 is 0 Å². The summed E-state index contributed by atoms with van der Waals surface area (Å²) in [7, 11) is 0. The van der Waals surface area contributed by atoms with E-state index in [1.54, 1.807) is 0 Å². The maximum atomic E-state index is 11.3. The van der Waals surface area contributed by atoms with Crippen molar-refractivity contribution in [1.29, 1.82) is 0 Å². The van der Waals surface area contributed by atoms with E-state index in [0.29, 0.717) is 13.1 Å². The Labute approximate surface area is 89.4 Å². The zero-order chi connectivity index (χ0) is 11.6. The van der Waals surface area contributed by atoms with E-state index in [9.17, 15) is 9.59 Å². The van der Waals surface area contributed by atoms with Crippen LogP contribution in [0.4, 0.5) is 0 Å². The number of carbonyl (C=O) groups excluding carboxylic acids is 2. The van der Waals surface area contributed by atoms with Gasteiger partial charge < -0.3 is 15.3 Å². The van der Waals surface area contributed by atoms with Gasteiger partial charge in [-0.3, -0.25) is 9.59 Å². The number of rotatable bonds is 3. The van der Waals surface area contributed by atoms with Gasteiger partial charge in [-0.2, -0.15) is 0 Å². The summed E-state index contributed by atoms with van der Waals surface area (Å²) in [5.74, 6) is -0.305. The van der Waals surface area contributed by atoms with E-state index in [1.165, 1.54) is 11.8 Å². The Morgan fingerprint density at radius 1 is 1.33 bits per heavy atom. The Kier molecular flexibility index (Phi) is 3.68. The summed E-state index contributed by atoms with van der Waals surface area (Å²) in [5, 5.41) is 11.9. The molecule has 0 aromatic heterocycles. The van der Waals surface area contributed by atoms with Gasteiger partial charge in [-0.1, -0.05) is 13.8 Å². The molecule has 0 bridgehead atoms. The van der Waals surface area contributed by atoms with Crippen LogP contribution in [0.2, 0.25) is 0 Å². The van der Waals surface area contributed by atoms with E-state index in [2.05, 4.69) is 5.32 Å². The van der Waals surface area contributed by atoms with Crippen LogP contribution in [0.1, 0.15) is 20.8 Å². The monoisotopic (exact) mass is 214 g/mol. The normalized spacial score (nSPS) is 18.6. The first kappa shape index (κ1) is 12.0. The highest BCUT2D eigenvalue weighted by molar-refractivity contribution is 5.82. The largest absolute Gasteiger partial charge is 0.384 e. The minimum atomic E-state index is -0.952. The van der Waals surface area contributed by atoms with E-state index in [-0.39, 0.29) is 23.8 Å². The molecule has 5 nitrogen and oxygen atoms in total. The molecule has 0 spiro atoms. The van der Waals surface area contributed by atoms with Gasteiger partial charge in [0.2, 0.25) is 5.91 Å². The Balaban J connectivity index is 2.26. The third kappa shape index (κ3) is 2.92. The average molecular weight is 214 g/mol. The third-order valence-corrected chi connectivity index (χ3v) is 2.42. The highest BCUT2D eigenvalue weighted by atomic mass is 16.3. The first-order chi connectivity index (χ1) is 6.91. The summed E-state index contributed by atoms with van der Waals surface area (Å²) in [4.78, 5) is 24.1. The number of aliphatic hydroxyl groups excluding tert-OH is 1. The Hall–Kier alpha value is -1.10. The molecule has 0 saturated carbocycles. The molecule has 1 rings (SSSR count). The molecule has 0 aromatic carbocycles. The van der Waals surface area contributed by atoms with Gasteiger partial charge in [0.1, 0.15) is 6.10 Å². The Morgan fingerprint density at radius 2 is 1.87 bits per heavy atom. The van der Waals surface area contributed by atoms with Gasteiger partial charge in [-0.25, -0.2) is 0 Å². The molecule has 86 valence electrons. The topological polar surface area (TPSA) is 69.6 Å². The summed E-state index contributed by atoms with van der Waals surface area (Å²) in [6, 6.07) is 0.0441. The molecular weight excluding hydrogens is 196 g/mol. The first-order valence-electron chi connectivity index (χ1n) is 5.19. The maximum Gasteiger partial charge on any atom is 0.251 e. The van der Waals surface area contributed by atoms with Gasteiger partial charge in [0.15, 0.2) is 0 Å². The molecule has 1 aliphatic heterocycles. The van der Waals surface area contributed by atoms with E-state index in [4.69, 9.17) is 5.11 Å². The second kappa shape index (κ2) is 4.61. The van der Waals surface area contributed by atoms with Crippen LogP contribution in [0.5, 0.6) is 0 Å². The second-order valence-electron chi connectivity index (χ2n) is 4.28. The van der Waals surface area contributed by atoms with Crippen molar-refractivity contribution in [2.24, 2.45) is 5.92 Å². The molecule has 15 heavy (non-hydrogen) atoms. The van der Waals surface area contributed by atoms with Gasteiger partial charge in [-0.05, 0) is 6.92 Å². The van der Waals surface area contributed by atoms with Crippen LogP contribution in [-0.4, -0.2) is 47.1 Å². The van der Waals surface area contributed by atoms with Crippen molar-refractivity contribution >= 4 is 11.8 Å². The standard InChI is InChI=1S/C10H18N2O3/c1-6(2)9(14)11-8-4-12(5-8)10(15)7(3)13/h6-8,13H,4-5H2,1-3H3,(H,11,14)/t7-/m0/s1. The number of hydrogen-bond donors (Lipinski definition) is 2. The fraction of sp³-hybridized carbons (Fsp3) is 0.800. The predicted molar refractivity (Wildman–Crippen MR) is 55.0 cm³/mol. The van der Waals surface area contributed by atoms with E-state index in [0.717, 1.165) is 0 Å². The molecule has 2 N–H and O–H groups in total. The molecular formula is C10H18N2O3. The molecule has 0 aliphatic carbocycles. The van der Waals surface area contributed by atoms with Crippen LogP contribution < -0.4 is 5.32 Å². The van der Waals surface area contributed by atoms with E-state index < -0.39 is 6.10 Å². The SMILES string of the molecule is CC(C)C(=O)NC1CN(C(=O)[C@H](C)O)C1. The molecule has 1 fully saturated rings. The van der Waals surface area contributed by atoms with Gasteiger partial charge in [0.05, 0.1) is 6.04 Å². The van der Waals surface area contributed by atoms with Crippen LogP contribution in [-0.2, 0) is 9.59 Å². The Morgan fingerprint density at radius 3 is 2.27 bits per heavy atom. The molecule has 0 radical (unpaired) electrons. The van der Waals surface area contributed by atoms with Crippen LogP contribution in [0, 0.1) is 5.92 Å². The number of aliphatic hydroxyl groups is 1. The average Bonchev–Trinajstić information content (AvgIpc) is 2.08. The fourth-order valence-electron chi connectivity index (χ4n) is 1.38. The van der Waals surface area contributed by atoms with Crippen LogP contribution >= 0.6 is 0 Å². The molecule has 1 saturated heterocycles. The first-order valence-corrected chi connectivity index (χ1v) is 5.19. The summed E-state index contributed by atoms with van der Waals surface area (Å²) in [6.45, 7) is 6.10. The van der Waals surface area contributed by atoms with Crippen molar-refractivity contribution < 1.29 is 14.7 Å². The second-order valence-corrected chi connectivity index (χ2v) is 4.28. The number of amides is 2. The zero-order valence-electron chi connectivity index (χ0n) is 9.36. The molecule has 1 heterocycles. The van der Waals surface area contributed by atoms with Gasteiger partial charge in [-0.15, -0.1) is 0 Å².